The number of carboxylic acid groups (broad SMARTS) is 1. The first kappa shape index (κ1) is 14.4. The van der Waals surface area contributed by atoms with E-state index in [1.807, 2.05) is 0 Å². The predicted octanol–water partition coefficient (Wildman–Crippen LogP) is 2.08. The summed E-state index contributed by atoms with van der Waals surface area (Å²) in [4.78, 5) is 23.0. The fraction of sp³-hybridized carbons (Fsp3) is 0.467. The highest BCUT2D eigenvalue weighted by atomic mass is 16.4. The molecular weight excluding hydrogens is 258 g/mol. The third-order valence-electron chi connectivity index (χ3n) is 4.11. The molecule has 0 aliphatic heterocycles. The summed E-state index contributed by atoms with van der Waals surface area (Å²) in [5.41, 5.74) is 0.660. The van der Waals surface area contributed by atoms with Crippen molar-refractivity contribution in [2.24, 2.45) is 5.41 Å². The first-order valence-corrected chi connectivity index (χ1v) is 6.72. The second-order valence-electron chi connectivity index (χ2n) is 5.56. The Morgan fingerprint density at radius 3 is 2.60 bits per heavy atom. The summed E-state index contributed by atoms with van der Waals surface area (Å²) in [6, 6.07) is 4.80. The van der Waals surface area contributed by atoms with E-state index in [1.165, 1.54) is 6.07 Å². The van der Waals surface area contributed by atoms with Gasteiger partial charge >= 0.3 is 5.97 Å². The van der Waals surface area contributed by atoms with E-state index < -0.39 is 5.97 Å². The SMILES string of the molecule is Cc1c(O)cccc1C(=O)NCC1(CC(=O)O)CCC1. The number of hydrogen-bond acceptors (Lipinski definition) is 3. The third kappa shape index (κ3) is 2.92. The molecule has 108 valence electrons. The lowest BCUT2D eigenvalue weighted by Gasteiger charge is -2.40. The number of aliphatic carboxylic acids is 1. The molecule has 3 N–H and O–H groups in total. The molecule has 0 heterocycles. The van der Waals surface area contributed by atoms with E-state index >= 15 is 0 Å². The monoisotopic (exact) mass is 277 g/mol. The van der Waals surface area contributed by atoms with E-state index in [-0.39, 0.29) is 23.5 Å². The molecule has 2 rings (SSSR count). The number of phenolic OH excluding ortho intramolecular Hbond substituents is 1. The van der Waals surface area contributed by atoms with Crippen LogP contribution in [0.15, 0.2) is 18.2 Å². The van der Waals surface area contributed by atoms with Crippen molar-refractivity contribution in [3.8, 4) is 5.75 Å². The molecule has 1 aromatic carbocycles. The highest BCUT2D eigenvalue weighted by Crippen LogP contribution is 2.43. The van der Waals surface area contributed by atoms with Crippen molar-refractivity contribution in [2.75, 3.05) is 6.54 Å². The first-order valence-electron chi connectivity index (χ1n) is 6.72. The van der Waals surface area contributed by atoms with Gasteiger partial charge in [-0.25, -0.2) is 0 Å². The maximum atomic E-state index is 12.1. The maximum absolute atomic E-state index is 12.1. The summed E-state index contributed by atoms with van der Waals surface area (Å²) in [6.45, 7) is 2.05. The van der Waals surface area contributed by atoms with Gasteiger partial charge in [-0.3, -0.25) is 9.59 Å². The first-order chi connectivity index (χ1) is 9.43. The topological polar surface area (TPSA) is 86.6 Å². The normalized spacial score (nSPS) is 16.2. The van der Waals surface area contributed by atoms with Gasteiger partial charge in [0.1, 0.15) is 5.75 Å². The van der Waals surface area contributed by atoms with Gasteiger partial charge in [0.25, 0.3) is 5.91 Å². The van der Waals surface area contributed by atoms with Crippen LogP contribution < -0.4 is 5.32 Å². The van der Waals surface area contributed by atoms with Crippen LogP contribution in [0.5, 0.6) is 5.75 Å². The van der Waals surface area contributed by atoms with Crippen LogP contribution in [0.1, 0.15) is 41.6 Å². The molecule has 1 amide bonds. The van der Waals surface area contributed by atoms with E-state index in [2.05, 4.69) is 5.32 Å². The Balaban J connectivity index is 2.01. The summed E-state index contributed by atoms with van der Waals surface area (Å²) >= 11 is 0. The number of hydrogen-bond donors (Lipinski definition) is 3. The van der Waals surface area contributed by atoms with Gasteiger partial charge in [0.05, 0.1) is 6.42 Å². The second kappa shape index (κ2) is 5.53. The summed E-state index contributed by atoms with van der Waals surface area (Å²) < 4.78 is 0. The van der Waals surface area contributed by atoms with Gasteiger partial charge in [0.2, 0.25) is 0 Å². The number of aromatic hydroxyl groups is 1. The fourth-order valence-electron chi connectivity index (χ4n) is 2.65. The van der Waals surface area contributed by atoms with Crippen LogP contribution in [0, 0.1) is 12.3 Å². The molecule has 5 nitrogen and oxygen atoms in total. The molecule has 0 bridgehead atoms. The lowest BCUT2D eigenvalue weighted by molar-refractivity contribution is -0.141. The van der Waals surface area contributed by atoms with Gasteiger partial charge in [0, 0.05) is 17.7 Å². The van der Waals surface area contributed by atoms with Gasteiger partial charge < -0.3 is 15.5 Å². The standard InChI is InChI=1S/C15H19NO4/c1-10-11(4-2-5-12(10)17)14(20)16-9-15(6-3-7-15)8-13(18)19/h2,4-5,17H,3,6-9H2,1H3,(H,16,20)(H,18,19). The molecule has 0 aromatic heterocycles. The van der Waals surface area contributed by atoms with Crippen LogP contribution in [0.25, 0.3) is 0 Å². The minimum atomic E-state index is -0.826. The molecule has 5 heteroatoms. The van der Waals surface area contributed by atoms with Crippen LogP contribution in [0.4, 0.5) is 0 Å². The van der Waals surface area contributed by atoms with Crippen molar-refractivity contribution < 1.29 is 19.8 Å². The Morgan fingerprint density at radius 1 is 1.35 bits per heavy atom. The smallest absolute Gasteiger partial charge is 0.303 e. The Kier molecular flexibility index (Phi) is 3.97. The van der Waals surface area contributed by atoms with E-state index in [4.69, 9.17) is 5.11 Å². The van der Waals surface area contributed by atoms with E-state index in [0.29, 0.717) is 17.7 Å². The van der Waals surface area contributed by atoms with Gasteiger partial charge in [-0.1, -0.05) is 12.5 Å². The predicted molar refractivity (Wildman–Crippen MR) is 73.7 cm³/mol. The van der Waals surface area contributed by atoms with Gasteiger partial charge in [0.15, 0.2) is 0 Å². The van der Waals surface area contributed by atoms with Crippen molar-refractivity contribution in [1.29, 1.82) is 0 Å². The molecule has 0 saturated heterocycles. The number of nitrogens with one attached hydrogen (secondary N) is 1. The summed E-state index contributed by atoms with van der Waals surface area (Å²) in [7, 11) is 0. The van der Waals surface area contributed by atoms with Gasteiger partial charge in [-0.2, -0.15) is 0 Å². The largest absolute Gasteiger partial charge is 0.508 e. The zero-order chi connectivity index (χ0) is 14.8. The Hall–Kier alpha value is -2.04. The molecule has 1 fully saturated rings. The van der Waals surface area contributed by atoms with Crippen molar-refractivity contribution in [1.82, 2.24) is 5.32 Å². The lowest BCUT2D eigenvalue weighted by Crippen LogP contribution is -2.43. The maximum Gasteiger partial charge on any atom is 0.303 e. The molecule has 1 saturated carbocycles. The van der Waals surface area contributed by atoms with Crippen LogP contribution in [0.3, 0.4) is 0 Å². The average Bonchev–Trinajstić information content (AvgIpc) is 2.35. The van der Waals surface area contributed by atoms with Gasteiger partial charge in [-0.05, 0) is 37.3 Å². The fourth-order valence-corrected chi connectivity index (χ4v) is 2.65. The quantitative estimate of drug-likeness (QED) is 0.769. The van der Waals surface area contributed by atoms with Crippen molar-refractivity contribution in [3.05, 3.63) is 29.3 Å². The molecule has 0 spiro atoms. The van der Waals surface area contributed by atoms with Gasteiger partial charge in [-0.15, -0.1) is 0 Å². The number of carbonyl (C=O) groups excluding carboxylic acids is 1. The molecule has 0 radical (unpaired) electrons. The molecule has 1 aromatic rings. The molecular formula is C15H19NO4. The zero-order valence-electron chi connectivity index (χ0n) is 11.5. The number of phenols is 1. The molecule has 1 aliphatic rings. The number of carbonyl (C=O) groups is 2. The third-order valence-corrected chi connectivity index (χ3v) is 4.11. The van der Waals surface area contributed by atoms with Crippen LogP contribution in [-0.2, 0) is 4.79 Å². The summed E-state index contributed by atoms with van der Waals surface area (Å²) in [5, 5.41) is 21.3. The number of carboxylic acids is 1. The van der Waals surface area contributed by atoms with E-state index in [0.717, 1.165) is 19.3 Å². The van der Waals surface area contributed by atoms with Crippen LogP contribution in [0.2, 0.25) is 0 Å². The number of benzene rings is 1. The number of amides is 1. The van der Waals surface area contributed by atoms with Crippen molar-refractivity contribution in [3.63, 3.8) is 0 Å². The highest BCUT2D eigenvalue weighted by molar-refractivity contribution is 5.96. The zero-order valence-corrected chi connectivity index (χ0v) is 11.5. The molecule has 1 aliphatic carbocycles. The van der Waals surface area contributed by atoms with Crippen molar-refractivity contribution in [2.45, 2.75) is 32.6 Å². The lowest BCUT2D eigenvalue weighted by atomic mass is 9.66. The Bertz CT molecular complexity index is 535. The van der Waals surface area contributed by atoms with Crippen LogP contribution >= 0.6 is 0 Å². The minimum Gasteiger partial charge on any atom is -0.508 e. The van der Waals surface area contributed by atoms with E-state index in [9.17, 15) is 14.7 Å². The highest BCUT2D eigenvalue weighted by Gasteiger charge is 2.39. The number of rotatable bonds is 5. The molecule has 0 unspecified atom stereocenters. The van der Waals surface area contributed by atoms with Crippen molar-refractivity contribution >= 4 is 11.9 Å². The second-order valence-corrected chi connectivity index (χ2v) is 5.56. The summed E-state index contributed by atoms with van der Waals surface area (Å²) in [5.74, 6) is -1.01. The molecule has 20 heavy (non-hydrogen) atoms. The Labute approximate surface area is 117 Å². The molecule has 0 atom stereocenters. The summed E-state index contributed by atoms with van der Waals surface area (Å²) in [6.07, 6.45) is 2.76. The Morgan fingerprint density at radius 2 is 2.05 bits per heavy atom. The van der Waals surface area contributed by atoms with Crippen LogP contribution in [-0.4, -0.2) is 28.6 Å². The average molecular weight is 277 g/mol. The minimum absolute atomic E-state index is 0.0848. The van der Waals surface area contributed by atoms with E-state index in [1.54, 1.807) is 19.1 Å².